The number of aromatic amines is 1. The molecule has 354 valence electrons. The molecule has 0 bridgehead atoms. The number of carbonyl (C=O) groups excluding carboxylic acids is 5. The number of H-pyrrole nitrogens is 1. The first-order valence-corrected chi connectivity index (χ1v) is 23.0. The van der Waals surface area contributed by atoms with Crippen LogP contribution in [0.3, 0.4) is 0 Å². The van der Waals surface area contributed by atoms with E-state index in [1.165, 1.54) is 0 Å². The van der Waals surface area contributed by atoms with Crippen LogP contribution in [-0.4, -0.2) is 113 Å². The zero-order chi connectivity index (χ0) is 46.7. The number of nitrogens with one attached hydrogen (secondary N) is 7. The van der Waals surface area contributed by atoms with Crippen molar-refractivity contribution in [2.45, 2.75) is 133 Å². The SMILES string of the molecule is NCCC[C@@H](CC(=O)N[C@@H]1CCNC[C@H]1C(=O)N[C@H](CC(=O)N[C@@H](CCC(=O)O)CC(=O)O)Cc1ccccc1)NC(=O)C[C@H](Cc1c[nH]c2ccccc12)NC(=O)[C@@H]1CCCC[C@H]1N. The van der Waals surface area contributed by atoms with Gasteiger partial charge in [-0.2, -0.15) is 0 Å². The van der Waals surface area contributed by atoms with E-state index in [0.717, 1.165) is 41.3 Å². The van der Waals surface area contributed by atoms with Crippen LogP contribution in [0.4, 0.5) is 0 Å². The average molecular weight is 902 g/mol. The van der Waals surface area contributed by atoms with Crippen LogP contribution in [0.2, 0.25) is 0 Å². The van der Waals surface area contributed by atoms with E-state index in [9.17, 15) is 38.7 Å². The Hall–Kier alpha value is -5.85. The topological polar surface area (TPSA) is 300 Å². The van der Waals surface area contributed by atoms with Crippen molar-refractivity contribution in [2.75, 3.05) is 19.6 Å². The van der Waals surface area contributed by atoms with Gasteiger partial charge in [-0.3, -0.25) is 33.6 Å². The molecule has 3 aromatic rings. The molecule has 2 aliphatic rings. The summed E-state index contributed by atoms with van der Waals surface area (Å²) < 4.78 is 0. The van der Waals surface area contributed by atoms with Crippen molar-refractivity contribution in [3.8, 4) is 0 Å². The number of fused-ring (bicyclic) bond motifs is 1. The van der Waals surface area contributed by atoms with Crippen molar-refractivity contribution in [1.82, 2.24) is 36.9 Å². The number of aromatic nitrogens is 1. The lowest BCUT2D eigenvalue weighted by Gasteiger charge is -2.33. The first kappa shape index (κ1) is 50.2. The monoisotopic (exact) mass is 902 g/mol. The molecular weight excluding hydrogens is 835 g/mol. The zero-order valence-corrected chi connectivity index (χ0v) is 37.0. The van der Waals surface area contributed by atoms with E-state index in [-0.39, 0.29) is 74.8 Å². The van der Waals surface area contributed by atoms with Crippen LogP contribution in [0.15, 0.2) is 60.8 Å². The summed E-state index contributed by atoms with van der Waals surface area (Å²) in [6.07, 6.45) is 6.15. The van der Waals surface area contributed by atoms with Crippen molar-refractivity contribution in [3.63, 3.8) is 0 Å². The van der Waals surface area contributed by atoms with E-state index in [2.05, 4.69) is 36.9 Å². The summed E-state index contributed by atoms with van der Waals surface area (Å²) in [6, 6.07) is 13.5. The summed E-state index contributed by atoms with van der Waals surface area (Å²) in [7, 11) is 0. The van der Waals surface area contributed by atoms with Crippen LogP contribution in [0.25, 0.3) is 10.9 Å². The first-order chi connectivity index (χ1) is 31.3. The van der Waals surface area contributed by atoms with Crippen LogP contribution < -0.4 is 43.4 Å². The van der Waals surface area contributed by atoms with E-state index in [1.807, 2.05) is 60.8 Å². The first-order valence-electron chi connectivity index (χ1n) is 23.0. The molecule has 18 nitrogen and oxygen atoms in total. The number of nitrogens with two attached hydrogens (primary N) is 2. The summed E-state index contributed by atoms with van der Waals surface area (Å²) in [5, 5.41) is 37.5. The van der Waals surface area contributed by atoms with E-state index in [4.69, 9.17) is 16.6 Å². The molecule has 0 radical (unpaired) electrons. The summed E-state index contributed by atoms with van der Waals surface area (Å²) in [4.78, 5) is 94.4. The summed E-state index contributed by atoms with van der Waals surface area (Å²) in [5.74, 6) is -5.16. The Morgan fingerprint density at radius 1 is 0.677 bits per heavy atom. The maximum atomic E-state index is 14.0. The average Bonchev–Trinajstić information content (AvgIpc) is 3.67. The van der Waals surface area contributed by atoms with Gasteiger partial charge in [0, 0.05) is 85.6 Å². The molecule has 1 aromatic heterocycles. The second kappa shape index (κ2) is 25.6. The number of para-hydroxylation sites is 1. The third-order valence-electron chi connectivity index (χ3n) is 12.4. The van der Waals surface area contributed by atoms with E-state index < -0.39 is 66.3 Å². The van der Waals surface area contributed by atoms with E-state index in [1.54, 1.807) is 0 Å². The third kappa shape index (κ3) is 16.6. The fourth-order valence-electron chi connectivity index (χ4n) is 9.05. The van der Waals surface area contributed by atoms with Crippen molar-refractivity contribution < 1.29 is 43.8 Å². The highest BCUT2D eigenvalue weighted by atomic mass is 16.4. The maximum absolute atomic E-state index is 14.0. The summed E-state index contributed by atoms with van der Waals surface area (Å²) >= 11 is 0. The Labute approximate surface area is 379 Å². The number of hydrogen-bond acceptors (Lipinski definition) is 10. The lowest BCUT2D eigenvalue weighted by molar-refractivity contribution is -0.140. The lowest BCUT2D eigenvalue weighted by atomic mass is 9.84. The largest absolute Gasteiger partial charge is 0.481 e. The Kier molecular flexibility index (Phi) is 19.7. The zero-order valence-electron chi connectivity index (χ0n) is 37.0. The van der Waals surface area contributed by atoms with Gasteiger partial charge in [-0.25, -0.2) is 0 Å². The molecule has 65 heavy (non-hydrogen) atoms. The van der Waals surface area contributed by atoms with Crippen molar-refractivity contribution in [3.05, 3.63) is 71.9 Å². The van der Waals surface area contributed by atoms with E-state index >= 15 is 0 Å². The van der Waals surface area contributed by atoms with Gasteiger partial charge < -0.3 is 58.6 Å². The van der Waals surface area contributed by atoms with Gasteiger partial charge in [-0.05, 0) is 81.6 Å². The van der Waals surface area contributed by atoms with E-state index in [0.29, 0.717) is 45.2 Å². The summed E-state index contributed by atoms with van der Waals surface area (Å²) in [5.41, 5.74) is 15.0. The van der Waals surface area contributed by atoms with Gasteiger partial charge in [0.1, 0.15) is 0 Å². The number of carboxylic acids is 2. The van der Waals surface area contributed by atoms with Crippen LogP contribution in [0.1, 0.15) is 94.6 Å². The number of carbonyl (C=O) groups is 7. The molecular formula is C47H67N9O9. The normalized spacial score (nSPS) is 20.3. The molecule has 2 fully saturated rings. The highest BCUT2D eigenvalue weighted by molar-refractivity contribution is 5.86. The molecule has 1 aliphatic carbocycles. The van der Waals surface area contributed by atoms with Crippen LogP contribution in [0.5, 0.6) is 0 Å². The second-order valence-corrected chi connectivity index (χ2v) is 17.6. The van der Waals surface area contributed by atoms with Gasteiger partial charge in [-0.15, -0.1) is 0 Å². The number of amides is 5. The molecule has 5 amide bonds. The van der Waals surface area contributed by atoms with Gasteiger partial charge in [0.25, 0.3) is 0 Å². The fourth-order valence-corrected chi connectivity index (χ4v) is 9.05. The highest BCUT2D eigenvalue weighted by Crippen LogP contribution is 2.25. The Bertz CT molecular complexity index is 2060. The minimum absolute atomic E-state index is 0.0325. The minimum atomic E-state index is -1.19. The van der Waals surface area contributed by atoms with Gasteiger partial charge in [0.05, 0.1) is 18.3 Å². The predicted molar refractivity (Wildman–Crippen MR) is 244 cm³/mol. The lowest BCUT2D eigenvalue weighted by Crippen LogP contribution is -2.57. The molecule has 2 heterocycles. The molecule has 13 N–H and O–H groups in total. The molecule has 1 saturated carbocycles. The molecule has 8 atom stereocenters. The molecule has 2 aromatic carbocycles. The molecule has 0 unspecified atom stereocenters. The van der Waals surface area contributed by atoms with Gasteiger partial charge >= 0.3 is 11.9 Å². The minimum Gasteiger partial charge on any atom is -0.481 e. The predicted octanol–water partition coefficient (Wildman–Crippen LogP) is 1.75. The standard InChI is InChI=1S/C47H67N9O9/c48-19-8-11-31(52-42(58)25-34(55-46(64)36-13-4-6-14-38(36)49)22-30-27-51-39-15-7-5-12-35(30)39)23-43(59)56-40-18-20-50-28-37(40)47(65)54-33(21-29-9-2-1-3-10-29)24-41(57)53-32(26-45(62)63)16-17-44(60)61/h1-3,5,7,9-10,12,15,27,31-34,36-38,40,50-51H,4,6,8,11,13-14,16-26,28,48-49H2,(H,52,58)(H,53,57)(H,54,65)(H,55,64)(H,56,59)(H,60,61)(H,62,63)/t31-,32-,33-,34-,36+,37+,38+,40+/m0/s1. The Morgan fingerprint density at radius 3 is 1.98 bits per heavy atom. The van der Waals surface area contributed by atoms with Crippen molar-refractivity contribution >= 4 is 52.4 Å². The number of hydrogen-bond donors (Lipinski definition) is 11. The fraction of sp³-hybridized carbons (Fsp3) is 0.553. The molecule has 18 heteroatoms. The van der Waals surface area contributed by atoms with Crippen LogP contribution in [-0.2, 0) is 46.4 Å². The Morgan fingerprint density at radius 2 is 1.31 bits per heavy atom. The van der Waals surface area contributed by atoms with Gasteiger partial charge in [0.2, 0.25) is 29.5 Å². The quantitative estimate of drug-likeness (QED) is 0.0580. The van der Waals surface area contributed by atoms with Crippen molar-refractivity contribution in [1.29, 1.82) is 0 Å². The Balaban J connectivity index is 1.23. The third-order valence-corrected chi connectivity index (χ3v) is 12.4. The number of piperidine rings is 1. The maximum Gasteiger partial charge on any atom is 0.305 e. The van der Waals surface area contributed by atoms with Crippen LogP contribution >= 0.6 is 0 Å². The molecule has 1 aliphatic heterocycles. The molecule has 0 spiro atoms. The second-order valence-electron chi connectivity index (χ2n) is 17.6. The molecule has 1 saturated heterocycles. The van der Waals surface area contributed by atoms with Crippen molar-refractivity contribution in [2.24, 2.45) is 23.3 Å². The number of aliphatic carboxylic acids is 2. The molecule has 5 rings (SSSR count). The highest BCUT2D eigenvalue weighted by Gasteiger charge is 2.35. The van der Waals surface area contributed by atoms with Crippen LogP contribution in [0, 0.1) is 11.8 Å². The number of benzene rings is 2. The number of carboxylic acid groups (broad SMARTS) is 2. The summed E-state index contributed by atoms with van der Waals surface area (Å²) in [6.45, 7) is 1.13. The van der Waals surface area contributed by atoms with Gasteiger partial charge in [0.15, 0.2) is 0 Å². The smallest absolute Gasteiger partial charge is 0.305 e. The van der Waals surface area contributed by atoms with Gasteiger partial charge in [-0.1, -0.05) is 61.4 Å². The number of rotatable bonds is 25.